The van der Waals surface area contributed by atoms with Crippen molar-refractivity contribution in [3.05, 3.63) is 28.0 Å². The van der Waals surface area contributed by atoms with Crippen LogP contribution >= 0.6 is 11.6 Å². The Morgan fingerprint density at radius 2 is 2.02 bits per heavy atom. The van der Waals surface area contributed by atoms with Crippen molar-refractivity contribution >= 4 is 34.1 Å². The van der Waals surface area contributed by atoms with E-state index in [4.69, 9.17) is 36.5 Å². The Bertz CT molecular complexity index is 1630. The van der Waals surface area contributed by atoms with E-state index in [0.717, 1.165) is 38.2 Å². The molecule has 0 amide bonds. The molecule has 2 unspecified atom stereocenters. The van der Waals surface area contributed by atoms with Crippen LogP contribution in [-0.2, 0) is 10.9 Å². The summed E-state index contributed by atoms with van der Waals surface area (Å²) in [5, 5.41) is 3.01. The molecule has 9 nitrogen and oxygen atoms in total. The van der Waals surface area contributed by atoms with Gasteiger partial charge in [0.2, 0.25) is 0 Å². The number of nitrogens with zero attached hydrogens (tertiary/aromatic N) is 4. The highest BCUT2D eigenvalue weighted by molar-refractivity contribution is 6.36. The molecular formula is C30H33ClF4N6O3. The fourth-order valence-electron chi connectivity index (χ4n) is 7.37. The Kier molecular flexibility index (Phi) is 7.21. The van der Waals surface area contributed by atoms with E-state index < -0.39 is 28.8 Å². The Labute approximate surface area is 256 Å². The van der Waals surface area contributed by atoms with E-state index in [1.54, 1.807) is 0 Å². The number of benzene rings is 1. The molecule has 2 bridgehead atoms. The molecule has 2 saturated heterocycles. The van der Waals surface area contributed by atoms with Gasteiger partial charge in [0.25, 0.3) is 0 Å². The number of nitrogens with two attached hydrogens (primary N) is 1. The predicted octanol–water partition coefficient (Wildman–Crippen LogP) is 5.54. The minimum atomic E-state index is -4.87. The summed E-state index contributed by atoms with van der Waals surface area (Å²) in [6.07, 6.45) is -0.201. The van der Waals surface area contributed by atoms with Crippen molar-refractivity contribution in [1.82, 2.24) is 20.3 Å². The van der Waals surface area contributed by atoms with Crippen LogP contribution in [0.15, 0.2) is 6.07 Å². The number of nitrogens with one attached hydrogen (secondary N) is 1. The lowest BCUT2D eigenvalue weighted by Crippen LogP contribution is -2.44. The smallest absolute Gasteiger partial charge is 0.418 e. The van der Waals surface area contributed by atoms with Crippen LogP contribution in [0.4, 0.5) is 29.2 Å². The number of rotatable bonds is 7. The van der Waals surface area contributed by atoms with Gasteiger partial charge in [0, 0.05) is 30.5 Å². The molecule has 3 N–H and O–H groups in total. The summed E-state index contributed by atoms with van der Waals surface area (Å²) in [5.41, 5.74) is 2.83. The van der Waals surface area contributed by atoms with Crippen molar-refractivity contribution in [2.45, 2.75) is 57.3 Å². The van der Waals surface area contributed by atoms with E-state index in [0.29, 0.717) is 25.5 Å². The molecule has 44 heavy (non-hydrogen) atoms. The summed E-state index contributed by atoms with van der Waals surface area (Å²) in [6.45, 7) is 3.48. The van der Waals surface area contributed by atoms with Crippen LogP contribution in [0.3, 0.4) is 0 Å². The van der Waals surface area contributed by atoms with Crippen LogP contribution in [0, 0.1) is 24.1 Å². The van der Waals surface area contributed by atoms with Crippen molar-refractivity contribution < 1.29 is 31.8 Å². The van der Waals surface area contributed by atoms with Gasteiger partial charge in [0.1, 0.15) is 17.2 Å². The first-order chi connectivity index (χ1) is 21.0. The number of aryl methyl sites for hydroxylation is 1. The number of hydrogen-bond acceptors (Lipinski definition) is 9. The average Bonchev–Trinajstić information content (AvgIpc) is 3.67. The van der Waals surface area contributed by atoms with Crippen LogP contribution < -0.4 is 25.4 Å². The van der Waals surface area contributed by atoms with Crippen molar-refractivity contribution in [3.8, 4) is 23.0 Å². The zero-order valence-electron chi connectivity index (χ0n) is 24.4. The number of pyridine rings is 1. The second kappa shape index (κ2) is 10.7. The number of anilines is 2. The minimum Gasteiger partial charge on any atom is -0.491 e. The molecule has 2 saturated carbocycles. The summed E-state index contributed by atoms with van der Waals surface area (Å²) in [5.74, 6) is -0.811. The zero-order valence-corrected chi connectivity index (χ0v) is 25.1. The summed E-state index contributed by atoms with van der Waals surface area (Å²) in [4.78, 5) is 15.3. The lowest BCUT2D eigenvalue weighted by molar-refractivity contribution is -0.137. The highest BCUT2D eigenvalue weighted by atomic mass is 35.5. The highest BCUT2D eigenvalue weighted by Gasteiger charge is 2.52. The molecule has 2 aromatic heterocycles. The fraction of sp³-hybridized carbons (Fsp3) is 0.567. The number of likely N-dealkylation sites (N-methyl/N-ethyl adjacent to an activating group) is 1. The van der Waals surface area contributed by atoms with Gasteiger partial charge in [-0.3, -0.25) is 0 Å². The standard InChI is InChI=1S/C30H33ClF4N6O3/c1-14-8-18(36)38-24(21(14)30(33,34)35)19-22(31)26-20-25(23(19)32)39-28(44-13-29-9-16(10-29)43-12-29)40-27(20)41(7-6-37-2)17-5-3-4-15(17)11-42-26/h8,15-17,37H,3-7,9-13H2,1-2H3,(H2,36,38). The number of hydrogen-bond donors (Lipinski definition) is 2. The highest BCUT2D eigenvalue weighted by Crippen LogP contribution is 2.52. The Morgan fingerprint density at radius 3 is 2.73 bits per heavy atom. The topological polar surface area (TPSA) is 108 Å². The quantitative estimate of drug-likeness (QED) is 0.323. The van der Waals surface area contributed by atoms with Gasteiger partial charge in [-0.2, -0.15) is 23.1 Å². The molecule has 3 aromatic rings. The van der Waals surface area contributed by atoms with Gasteiger partial charge in [0.05, 0.1) is 53.2 Å². The Balaban J connectivity index is 1.48. The Hall–Kier alpha value is -3.16. The largest absolute Gasteiger partial charge is 0.491 e. The molecule has 8 rings (SSSR count). The fourth-order valence-corrected chi connectivity index (χ4v) is 7.70. The summed E-state index contributed by atoms with van der Waals surface area (Å²) >= 11 is 6.85. The molecule has 3 aliphatic heterocycles. The van der Waals surface area contributed by atoms with Crippen LogP contribution in [0.5, 0.6) is 11.8 Å². The average molecular weight is 637 g/mol. The van der Waals surface area contributed by atoms with Crippen LogP contribution in [0.25, 0.3) is 22.2 Å². The van der Waals surface area contributed by atoms with Crippen molar-refractivity contribution in [3.63, 3.8) is 0 Å². The van der Waals surface area contributed by atoms with E-state index >= 15 is 4.39 Å². The summed E-state index contributed by atoms with van der Waals surface area (Å²) in [6, 6.07) is 1.07. The number of aromatic nitrogens is 3. The molecular weight excluding hydrogens is 604 g/mol. The van der Waals surface area contributed by atoms with Crippen LogP contribution in [0.2, 0.25) is 5.02 Å². The van der Waals surface area contributed by atoms with Gasteiger partial charge in [-0.1, -0.05) is 18.0 Å². The van der Waals surface area contributed by atoms with E-state index in [-0.39, 0.29) is 75.8 Å². The first-order valence-corrected chi connectivity index (χ1v) is 15.2. The molecule has 0 radical (unpaired) electrons. The van der Waals surface area contributed by atoms with Crippen molar-refractivity contribution in [1.29, 1.82) is 0 Å². The Morgan fingerprint density at radius 1 is 1.23 bits per heavy atom. The van der Waals surface area contributed by atoms with E-state index in [1.807, 2.05) is 7.05 Å². The molecule has 14 heteroatoms. The number of ether oxygens (including phenoxy) is 3. The normalized spacial score (nSPS) is 25.8. The molecule has 4 fully saturated rings. The molecule has 236 valence electrons. The molecule has 0 spiro atoms. The molecule has 1 aromatic carbocycles. The maximum Gasteiger partial charge on any atom is 0.418 e. The van der Waals surface area contributed by atoms with Gasteiger partial charge >= 0.3 is 12.2 Å². The van der Waals surface area contributed by atoms with Crippen molar-refractivity contribution in [2.24, 2.45) is 11.3 Å². The second-order valence-corrected chi connectivity index (χ2v) is 12.8. The lowest BCUT2D eigenvalue weighted by Gasteiger charge is -2.37. The maximum absolute atomic E-state index is 16.9. The van der Waals surface area contributed by atoms with Gasteiger partial charge in [-0.25, -0.2) is 9.37 Å². The van der Waals surface area contributed by atoms with Crippen molar-refractivity contribution in [2.75, 3.05) is 50.6 Å². The van der Waals surface area contributed by atoms with Crippen LogP contribution in [-0.4, -0.2) is 67.1 Å². The second-order valence-electron chi connectivity index (χ2n) is 12.5. The number of alkyl halides is 3. The third-order valence-corrected chi connectivity index (χ3v) is 9.85. The van der Waals surface area contributed by atoms with Gasteiger partial charge in [-0.15, -0.1) is 0 Å². The monoisotopic (exact) mass is 636 g/mol. The first kappa shape index (κ1) is 29.5. The third-order valence-electron chi connectivity index (χ3n) is 9.49. The lowest BCUT2D eigenvalue weighted by atomic mass is 9.71. The SMILES string of the molecule is CNCCN1c2nc(OCC34COC(C3)C4)nc3c(F)c(-c4nc(N)cc(C)c4C(F)(F)F)c(Cl)c(c23)OCC2CCCC21. The maximum atomic E-state index is 16.9. The molecule has 5 heterocycles. The van der Waals surface area contributed by atoms with E-state index in [1.165, 1.54) is 6.92 Å². The van der Waals surface area contributed by atoms with Gasteiger partial charge in [0.15, 0.2) is 11.6 Å². The predicted molar refractivity (Wildman–Crippen MR) is 157 cm³/mol. The van der Waals surface area contributed by atoms with E-state index in [9.17, 15) is 13.2 Å². The molecule has 2 aliphatic carbocycles. The van der Waals surface area contributed by atoms with E-state index in [2.05, 4.69) is 20.2 Å². The summed E-state index contributed by atoms with van der Waals surface area (Å²) < 4.78 is 78.2. The summed E-state index contributed by atoms with van der Waals surface area (Å²) in [7, 11) is 1.84. The first-order valence-electron chi connectivity index (χ1n) is 14.9. The number of fused-ring (bicyclic) bond motifs is 2. The van der Waals surface area contributed by atoms with Crippen LogP contribution in [0.1, 0.15) is 43.2 Å². The van der Waals surface area contributed by atoms with Gasteiger partial charge in [-0.05, 0) is 51.3 Å². The number of nitrogen functional groups attached to an aromatic ring is 1. The molecule has 5 aliphatic rings. The zero-order chi connectivity index (χ0) is 31.0. The number of halogens is 5. The minimum absolute atomic E-state index is 0.0130. The molecule has 2 atom stereocenters. The third kappa shape index (κ3) is 4.78. The van der Waals surface area contributed by atoms with Gasteiger partial charge < -0.3 is 30.2 Å².